The van der Waals surface area contributed by atoms with Crippen LogP contribution in [0.3, 0.4) is 0 Å². The summed E-state index contributed by atoms with van der Waals surface area (Å²) < 4.78 is 0. The predicted molar refractivity (Wildman–Crippen MR) is 73.2 cm³/mol. The van der Waals surface area contributed by atoms with Gasteiger partial charge in [-0.05, 0) is 24.7 Å². The van der Waals surface area contributed by atoms with E-state index < -0.39 is 18.4 Å². The Morgan fingerprint density at radius 1 is 1.15 bits per heavy atom. The van der Waals surface area contributed by atoms with Gasteiger partial charge in [0.15, 0.2) is 0 Å². The van der Waals surface area contributed by atoms with Crippen LogP contribution in [0.25, 0.3) is 0 Å². The molecule has 7 nitrogen and oxygen atoms in total. The Morgan fingerprint density at radius 2 is 1.75 bits per heavy atom. The lowest BCUT2D eigenvalue weighted by Crippen LogP contribution is -2.48. The van der Waals surface area contributed by atoms with Crippen molar-refractivity contribution in [2.24, 2.45) is 11.8 Å². The number of aliphatic carboxylic acids is 1. The van der Waals surface area contributed by atoms with E-state index in [-0.39, 0.29) is 12.6 Å². The minimum atomic E-state index is -1.11. The standard InChI is InChI=1S/C13H23N3O4/c1-9(2)10-3-5-16(6-4-10)13(20)15-7-11(17)14-8-12(18)19/h9-10H,3-8H2,1-2H3,(H,14,17)(H,15,20)(H,18,19). The van der Waals surface area contributed by atoms with Crippen LogP contribution in [0.15, 0.2) is 0 Å². The maximum Gasteiger partial charge on any atom is 0.322 e. The van der Waals surface area contributed by atoms with Gasteiger partial charge in [-0.3, -0.25) is 9.59 Å². The van der Waals surface area contributed by atoms with Crippen LogP contribution in [-0.2, 0) is 9.59 Å². The molecule has 1 rings (SSSR count). The normalized spacial score (nSPS) is 16.1. The van der Waals surface area contributed by atoms with Gasteiger partial charge in [0.1, 0.15) is 6.54 Å². The van der Waals surface area contributed by atoms with Gasteiger partial charge in [-0.25, -0.2) is 4.79 Å². The zero-order chi connectivity index (χ0) is 15.1. The quantitative estimate of drug-likeness (QED) is 0.675. The molecule has 0 saturated carbocycles. The number of amides is 3. The maximum absolute atomic E-state index is 11.8. The number of urea groups is 1. The van der Waals surface area contributed by atoms with E-state index in [0.29, 0.717) is 24.9 Å². The zero-order valence-electron chi connectivity index (χ0n) is 12.0. The second kappa shape index (κ2) is 7.72. The van der Waals surface area contributed by atoms with Gasteiger partial charge in [0.2, 0.25) is 5.91 Å². The third-order valence-corrected chi connectivity index (χ3v) is 3.61. The van der Waals surface area contributed by atoms with Crippen LogP contribution in [0.5, 0.6) is 0 Å². The molecule has 1 heterocycles. The second-order valence-corrected chi connectivity index (χ2v) is 5.40. The fourth-order valence-electron chi connectivity index (χ4n) is 2.27. The largest absolute Gasteiger partial charge is 0.480 e. The third-order valence-electron chi connectivity index (χ3n) is 3.61. The van der Waals surface area contributed by atoms with Crippen LogP contribution in [-0.4, -0.2) is 54.1 Å². The molecule has 7 heteroatoms. The molecule has 3 amide bonds. The number of carbonyl (C=O) groups is 3. The first kappa shape index (κ1) is 16.3. The summed E-state index contributed by atoms with van der Waals surface area (Å²) >= 11 is 0. The molecule has 0 aromatic rings. The molecule has 0 radical (unpaired) electrons. The molecular weight excluding hydrogens is 262 g/mol. The van der Waals surface area contributed by atoms with Crippen molar-refractivity contribution >= 4 is 17.9 Å². The molecule has 0 spiro atoms. The number of hydrogen-bond donors (Lipinski definition) is 3. The Hall–Kier alpha value is -1.79. The summed E-state index contributed by atoms with van der Waals surface area (Å²) in [6.07, 6.45) is 1.96. The number of piperidine rings is 1. The van der Waals surface area contributed by atoms with Gasteiger partial charge < -0.3 is 20.6 Å². The predicted octanol–water partition coefficient (Wildman–Crippen LogP) is 0.265. The average Bonchev–Trinajstić information content (AvgIpc) is 2.42. The van der Waals surface area contributed by atoms with Gasteiger partial charge in [-0.15, -0.1) is 0 Å². The lowest BCUT2D eigenvalue weighted by Gasteiger charge is -2.33. The van der Waals surface area contributed by atoms with Crippen LogP contribution in [0.4, 0.5) is 4.79 Å². The highest BCUT2D eigenvalue weighted by atomic mass is 16.4. The summed E-state index contributed by atoms with van der Waals surface area (Å²) in [5, 5.41) is 13.1. The first-order valence-corrected chi connectivity index (χ1v) is 6.91. The monoisotopic (exact) mass is 285 g/mol. The molecule has 114 valence electrons. The first-order valence-electron chi connectivity index (χ1n) is 6.91. The van der Waals surface area contributed by atoms with Crippen LogP contribution < -0.4 is 10.6 Å². The SMILES string of the molecule is CC(C)C1CCN(C(=O)NCC(=O)NCC(=O)O)CC1. The number of hydrogen-bond acceptors (Lipinski definition) is 3. The van der Waals surface area contributed by atoms with Crippen LogP contribution in [0, 0.1) is 11.8 Å². The van der Waals surface area contributed by atoms with Gasteiger partial charge in [-0.1, -0.05) is 13.8 Å². The fraction of sp³-hybridized carbons (Fsp3) is 0.769. The molecule has 0 aliphatic carbocycles. The first-order chi connectivity index (χ1) is 9.40. The van der Waals surface area contributed by atoms with E-state index >= 15 is 0 Å². The van der Waals surface area contributed by atoms with Crippen molar-refractivity contribution in [1.82, 2.24) is 15.5 Å². The van der Waals surface area contributed by atoms with E-state index in [0.717, 1.165) is 12.8 Å². The van der Waals surface area contributed by atoms with E-state index in [1.165, 1.54) is 0 Å². The molecule has 1 aliphatic heterocycles. The molecule has 0 atom stereocenters. The maximum atomic E-state index is 11.8. The van der Waals surface area contributed by atoms with E-state index in [1.54, 1.807) is 4.90 Å². The summed E-state index contributed by atoms with van der Waals surface area (Å²) in [5.74, 6) is -0.335. The van der Waals surface area contributed by atoms with Gasteiger partial charge in [-0.2, -0.15) is 0 Å². The molecule has 0 aromatic carbocycles. The topological polar surface area (TPSA) is 98.7 Å². The van der Waals surface area contributed by atoms with Gasteiger partial charge in [0.25, 0.3) is 0 Å². The summed E-state index contributed by atoms with van der Waals surface area (Å²) in [4.78, 5) is 35.1. The van der Waals surface area contributed by atoms with Crippen molar-refractivity contribution in [3.8, 4) is 0 Å². The molecule has 1 aliphatic rings. The minimum Gasteiger partial charge on any atom is -0.480 e. The third kappa shape index (κ3) is 5.46. The van der Waals surface area contributed by atoms with Gasteiger partial charge in [0, 0.05) is 13.1 Å². The fourth-order valence-corrected chi connectivity index (χ4v) is 2.27. The Bertz CT molecular complexity index is 363. The number of rotatable bonds is 5. The number of carbonyl (C=O) groups excluding carboxylic acids is 2. The number of nitrogens with zero attached hydrogens (tertiary/aromatic N) is 1. The highest BCUT2D eigenvalue weighted by molar-refractivity contribution is 5.86. The molecular formula is C13H23N3O4. The molecule has 0 aromatic heterocycles. The molecule has 0 bridgehead atoms. The second-order valence-electron chi connectivity index (χ2n) is 5.40. The van der Waals surface area contributed by atoms with Gasteiger partial charge in [0.05, 0.1) is 6.54 Å². The van der Waals surface area contributed by atoms with Crippen LogP contribution in [0.1, 0.15) is 26.7 Å². The number of likely N-dealkylation sites (tertiary alicyclic amines) is 1. The Labute approximate surface area is 118 Å². The Kier molecular flexibility index (Phi) is 6.27. The molecule has 3 N–H and O–H groups in total. The number of nitrogens with one attached hydrogen (secondary N) is 2. The minimum absolute atomic E-state index is 0.198. The highest BCUT2D eigenvalue weighted by Gasteiger charge is 2.24. The zero-order valence-corrected chi connectivity index (χ0v) is 12.0. The Balaban J connectivity index is 2.23. The van der Waals surface area contributed by atoms with Crippen molar-refractivity contribution in [2.75, 3.05) is 26.2 Å². The van der Waals surface area contributed by atoms with E-state index in [1.807, 2.05) is 0 Å². The van der Waals surface area contributed by atoms with E-state index in [2.05, 4.69) is 24.5 Å². The average molecular weight is 285 g/mol. The highest BCUT2D eigenvalue weighted by Crippen LogP contribution is 2.24. The summed E-state index contributed by atoms with van der Waals surface area (Å²) in [6.45, 7) is 5.14. The lowest BCUT2D eigenvalue weighted by molar-refractivity contribution is -0.137. The molecule has 1 saturated heterocycles. The van der Waals surface area contributed by atoms with Crippen molar-refractivity contribution in [2.45, 2.75) is 26.7 Å². The molecule has 0 unspecified atom stereocenters. The molecule has 20 heavy (non-hydrogen) atoms. The van der Waals surface area contributed by atoms with Crippen molar-refractivity contribution in [1.29, 1.82) is 0 Å². The molecule has 1 fully saturated rings. The van der Waals surface area contributed by atoms with Crippen molar-refractivity contribution in [3.05, 3.63) is 0 Å². The van der Waals surface area contributed by atoms with Crippen molar-refractivity contribution < 1.29 is 19.5 Å². The summed E-state index contributed by atoms with van der Waals surface area (Å²) in [6, 6.07) is -0.266. The smallest absolute Gasteiger partial charge is 0.322 e. The summed E-state index contributed by atoms with van der Waals surface area (Å²) in [7, 11) is 0. The van der Waals surface area contributed by atoms with Crippen LogP contribution in [0.2, 0.25) is 0 Å². The lowest BCUT2D eigenvalue weighted by atomic mass is 9.87. The van der Waals surface area contributed by atoms with E-state index in [9.17, 15) is 14.4 Å². The van der Waals surface area contributed by atoms with Crippen molar-refractivity contribution in [3.63, 3.8) is 0 Å². The van der Waals surface area contributed by atoms with Crippen LogP contribution >= 0.6 is 0 Å². The number of carboxylic acid groups (broad SMARTS) is 1. The Morgan fingerprint density at radius 3 is 2.25 bits per heavy atom. The van der Waals surface area contributed by atoms with E-state index in [4.69, 9.17) is 5.11 Å². The number of carboxylic acids is 1. The van der Waals surface area contributed by atoms with Gasteiger partial charge >= 0.3 is 12.0 Å². The summed E-state index contributed by atoms with van der Waals surface area (Å²) in [5.41, 5.74) is 0.